The van der Waals surface area contributed by atoms with Crippen LogP contribution in [0.5, 0.6) is 0 Å². The van der Waals surface area contributed by atoms with E-state index in [0.29, 0.717) is 19.0 Å². The fourth-order valence-corrected chi connectivity index (χ4v) is 2.06. The van der Waals surface area contributed by atoms with Crippen LogP contribution in [0, 0.1) is 5.92 Å². The van der Waals surface area contributed by atoms with Crippen LogP contribution in [-0.4, -0.2) is 27.3 Å². The van der Waals surface area contributed by atoms with Gasteiger partial charge in [0.25, 0.3) is 0 Å². The van der Waals surface area contributed by atoms with E-state index >= 15 is 0 Å². The van der Waals surface area contributed by atoms with E-state index in [0.717, 1.165) is 18.5 Å². The first-order valence-electron chi connectivity index (χ1n) is 5.42. The Morgan fingerprint density at radius 1 is 1.47 bits per heavy atom. The number of nitrogens with zero attached hydrogens (tertiary/aromatic N) is 2. The van der Waals surface area contributed by atoms with Crippen molar-refractivity contribution in [1.29, 1.82) is 0 Å². The van der Waals surface area contributed by atoms with Crippen molar-refractivity contribution in [1.82, 2.24) is 14.9 Å². The number of aliphatic hydroxyl groups is 1. The van der Waals surface area contributed by atoms with E-state index in [1.165, 1.54) is 11.5 Å². The number of rotatable bonds is 7. The van der Waals surface area contributed by atoms with Gasteiger partial charge in [-0.3, -0.25) is 0 Å². The molecule has 5 heteroatoms. The monoisotopic (exact) mass is 229 g/mol. The zero-order valence-electron chi connectivity index (χ0n) is 9.31. The SMILES string of the molecule is CCC(CC)C(O)CNCc1csnn1. The molecule has 0 fully saturated rings. The quantitative estimate of drug-likeness (QED) is 0.742. The molecule has 0 aromatic carbocycles. The van der Waals surface area contributed by atoms with E-state index < -0.39 is 0 Å². The van der Waals surface area contributed by atoms with Gasteiger partial charge in [0.15, 0.2) is 0 Å². The largest absolute Gasteiger partial charge is 0.392 e. The minimum Gasteiger partial charge on any atom is -0.392 e. The minimum absolute atomic E-state index is 0.258. The van der Waals surface area contributed by atoms with Crippen molar-refractivity contribution >= 4 is 11.5 Å². The lowest BCUT2D eigenvalue weighted by atomic mass is 9.96. The summed E-state index contributed by atoms with van der Waals surface area (Å²) in [5.41, 5.74) is 0.941. The van der Waals surface area contributed by atoms with Crippen molar-refractivity contribution < 1.29 is 5.11 Å². The maximum absolute atomic E-state index is 9.84. The van der Waals surface area contributed by atoms with Crippen molar-refractivity contribution in [3.8, 4) is 0 Å². The summed E-state index contributed by atoms with van der Waals surface area (Å²) >= 11 is 1.35. The van der Waals surface area contributed by atoms with Crippen LogP contribution in [-0.2, 0) is 6.54 Å². The van der Waals surface area contributed by atoms with Crippen LogP contribution < -0.4 is 5.32 Å². The van der Waals surface area contributed by atoms with Gasteiger partial charge in [0, 0.05) is 18.5 Å². The van der Waals surface area contributed by atoms with E-state index in [4.69, 9.17) is 0 Å². The van der Waals surface area contributed by atoms with E-state index in [1.807, 2.05) is 5.38 Å². The molecule has 1 heterocycles. The highest BCUT2D eigenvalue weighted by molar-refractivity contribution is 7.03. The Bertz CT molecular complexity index is 249. The maximum atomic E-state index is 9.84. The standard InChI is InChI=1S/C10H19N3OS/c1-3-8(4-2)10(14)6-11-5-9-7-15-13-12-9/h7-8,10-11,14H,3-6H2,1-2H3. The Balaban J connectivity index is 2.19. The Kier molecular flexibility index (Phi) is 5.75. The molecule has 1 aromatic rings. The summed E-state index contributed by atoms with van der Waals surface area (Å²) in [5, 5.41) is 18.9. The molecule has 86 valence electrons. The summed E-state index contributed by atoms with van der Waals surface area (Å²) in [6.07, 6.45) is 1.79. The van der Waals surface area contributed by atoms with Crippen molar-refractivity contribution in [2.75, 3.05) is 6.54 Å². The first kappa shape index (κ1) is 12.5. The first-order chi connectivity index (χ1) is 7.27. The second kappa shape index (κ2) is 6.87. The third kappa shape index (κ3) is 4.24. The van der Waals surface area contributed by atoms with E-state index in [2.05, 4.69) is 28.8 Å². The fourth-order valence-electron chi connectivity index (χ4n) is 1.61. The smallest absolute Gasteiger partial charge is 0.0893 e. The normalized spacial score (nSPS) is 13.3. The number of hydrogen-bond acceptors (Lipinski definition) is 5. The molecule has 4 nitrogen and oxygen atoms in total. The van der Waals surface area contributed by atoms with Gasteiger partial charge < -0.3 is 10.4 Å². The molecule has 0 saturated carbocycles. The highest BCUT2D eigenvalue weighted by Crippen LogP contribution is 2.12. The Morgan fingerprint density at radius 3 is 2.73 bits per heavy atom. The average Bonchev–Trinajstić information content (AvgIpc) is 2.72. The predicted octanol–water partition coefficient (Wildman–Crippen LogP) is 1.42. The maximum Gasteiger partial charge on any atom is 0.0893 e. The number of aromatic nitrogens is 2. The summed E-state index contributed by atoms with van der Waals surface area (Å²) in [6.45, 7) is 5.54. The summed E-state index contributed by atoms with van der Waals surface area (Å²) < 4.78 is 3.78. The van der Waals surface area contributed by atoms with E-state index in [-0.39, 0.29) is 6.10 Å². The van der Waals surface area contributed by atoms with Gasteiger partial charge in [0.05, 0.1) is 11.8 Å². The predicted molar refractivity (Wildman–Crippen MR) is 61.7 cm³/mol. The summed E-state index contributed by atoms with van der Waals surface area (Å²) in [6, 6.07) is 0. The van der Waals surface area contributed by atoms with Gasteiger partial charge in [0.1, 0.15) is 0 Å². The second-order valence-corrected chi connectivity index (χ2v) is 4.28. The van der Waals surface area contributed by atoms with Crippen LogP contribution in [0.1, 0.15) is 32.4 Å². The molecule has 0 bridgehead atoms. The Morgan fingerprint density at radius 2 is 2.20 bits per heavy atom. The minimum atomic E-state index is -0.258. The van der Waals surface area contributed by atoms with Gasteiger partial charge in [-0.25, -0.2) is 0 Å². The molecule has 0 aliphatic carbocycles. The zero-order chi connectivity index (χ0) is 11.1. The molecule has 0 amide bonds. The fraction of sp³-hybridized carbons (Fsp3) is 0.800. The topological polar surface area (TPSA) is 58.0 Å². The van der Waals surface area contributed by atoms with E-state index in [1.54, 1.807) is 0 Å². The van der Waals surface area contributed by atoms with Crippen molar-refractivity contribution in [3.63, 3.8) is 0 Å². The van der Waals surface area contributed by atoms with Crippen LogP contribution >= 0.6 is 11.5 Å². The molecule has 1 atom stereocenters. The summed E-state index contributed by atoms with van der Waals surface area (Å²) in [7, 11) is 0. The van der Waals surface area contributed by atoms with Crippen LogP contribution in [0.25, 0.3) is 0 Å². The molecule has 2 N–H and O–H groups in total. The van der Waals surface area contributed by atoms with Gasteiger partial charge in [0.2, 0.25) is 0 Å². The van der Waals surface area contributed by atoms with Crippen LogP contribution in [0.3, 0.4) is 0 Å². The first-order valence-corrected chi connectivity index (χ1v) is 6.26. The molecule has 0 radical (unpaired) electrons. The lowest BCUT2D eigenvalue weighted by Gasteiger charge is -2.20. The van der Waals surface area contributed by atoms with Crippen molar-refractivity contribution in [2.24, 2.45) is 5.92 Å². The van der Waals surface area contributed by atoms with Gasteiger partial charge in [-0.2, -0.15) is 0 Å². The molecule has 0 aliphatic heterocycles. The molecule has 1 rings (SSSR count). The van der Waals surface area contributed by atoms with Crippen molar-refractivity contribution in [3.05, 3.63) is 11.1 Å². The zero-order valence-corrected chi connectivity index (χ0v) is 10.1. The second-order valence-electron chi connectivity index (χ2n) is 3.67. The molecule has 0 aliphatic rings. The Hall–Kier alpha value is -0.520. The van der Waals surface area contributed by atoms with E-state index in [9.17, 15) is 5.11 Å². The van der Waals surface area contributed by atoms with Gasteiger partial charge in [-0.05, 0) is 17.5 Å². The highest BCUT2D eigenvalue weighted by Gasteiger charge is 2.14. The van der Waals surface area contributed by atoms with Gasteiger partial charge in [-0.15, -0.1) is 5.10 Å². The lowest BCUT2D eigenvalue weighted by molar-refractivity contribution is 0.101. The average molecular weight is 229 g/mol. The number of nitrogens with one attached hydrogen (secondary N) is 1. The Labute approximate surface area is 94.9 Å². The molecular weight excluding hydrogens is 210 g/mol. The summed E-state index contributed by atoms with van der Waals surface area (Å²) in [4.78, 5) is 0. The summed E-state index contributed by atoms with van der Waals surface area (Å²) in [5.74, 6) is 0.394. The molecule has 0 spiro atoms. The van der Waals surface area contributed by atoms with Gasteiger partial charge >= 0.3 is 0 Å². The van der Waals surface area contributed by atoms with Crippen LogP contribution in [0.2, 0.25) is 0 Å². The molecular formula is C10H19N3OS. The lowest BCUT2D eigenvalue weighted by Crippen LogP contribution is -2.32. The van der Waals surface area contributed by atoms with Crippen molar-refractivity contribution in [2.45, 2.75) is 39.3 Å². The molecule has 1 unspecified atom stereocenters. The molecule has 0 saturated heterocycles. The third-order valence-corrected chi connectivity index (χ3v) is 3.21. The molecule has 15 heavy (non-hydrogen) atoms. The van der Waals surface area contributed by atoms with Crippen LogP contribution in [0.4, 0.5) is 0 Å². The van der Waals surface area contributed by atoms with Crippen LogP contribution in [0.15, 0.2) is 5.38 Å². The van der Waals surface area contributed by atoms with Gasteiger partial charge in [-0.1, -0.05) is 31.2 Å². The number of aliphatic hydroxyl groups excluding tert-OH is 1. The third-order valence-electron chi connectivity index (χ3n) is 2.66. The molecule has 1 aromatic heterocycles. The number of hydrogen-bond donors (Lipinski definition) is 2. The highest BCUT2D eigenvalue weighted by atomic mass is 32.1.